The molecule has 0 bridgehead atoms. The quantitative estimate of drug-likeness (QED) is 0.910. The zero-order chi connectivity index (χ0) is 17.1. The van der Waals surface area contributed by atoms with Crippen molar-refractivity contribution in [3.05, 3.63) is 53.9 Å². The maximum Gasteiger partial charge on any atom is 0.224 e. The summed E-state index contributed by atoms with van der Waals surface area (Å²) >= 11 is 0. The third-order valence-corrected chi connectivity index (χ3v) is 5.05. The summed E-state index contributed by atoms with van der Waals surface area (Å²) in [6.45, 7) is 2.69. The Hall–Kier alpha value is -2.40. The average Bonchev–Trinajstić information content (AvgIpc) is 3.11. The number of aromatic nitrogens is 1. The molecular weight excluding hydrogens is 314 g/mol. The number of rotatable bonds is 5. The number of likely N-dealkylation sites (tertiary alicyclic amines) is 1. The summed E-state index contributed by atoms with van der Waals surface area (Å²) in [5.41, 5.74) is 3.37. The van der Waals surface area contributed by atoms with Crippen LogP contribution in [0, 0.1) is 0 Å². The summed E-state index contributed by atoms with van der Waals surface area (Å²) in [6.07, 6.45) is 7.54. The molecule has 1 aromatic heterocycles. The molecule has 1 fully saturated rings. The molecule has 2 aromatic rings. The maximum absolute atomic E-state index is 11.4. The van der Waals surface area contributed by atoms with Gasteiger partial charge in [-0.3, -0.25) is 14.7 Å². The predicted octanol–water partition coefficient (Wildman–Crippen LogP) is 3.18. The van der Waals surface area contributed by atoms with E-state index in [0.717, 1.165) is 36.5 Å². The van der Waals surface area contributed by atoms with Crippen molar-refractivity contribution in [2.24, 2.45) is 0 Å². The van der Waals surface area contributed by atoms with Crippen LogP contribution in [-0.4, -0.2) is 35.5 Å². The Morgan fingerprint density at radius 1 is 1.28 bits per heavy atom. The molecule has 1 unspecified atom stereocenters. The number of ether oxygens (including phenoxy) is 1. The van der Waals surface area contributed by atoms with E-state index in [4.69, 9.17) is 4.74 Å². The monoisotopic (exact) mass is 337 g/mol. The van der Waals surface area contributed by atoms with Crippen molar-refractivity contribution in [2.45, 2.75) is 31.7 Å². The molecule has 5 nitrogen and oxygen atoms in total. The van der Waals surface area contributed by atoms with Crippen molar-refractivity contribution in [1.82, 2.24) is 9.88 Å². The van der Waals surface area contributed by atoms with Crippen molar-refractivity contribution in [3.8, 4) is 5.75 Å². The van der Waals surface area contributed by atoms with Gasteiger partial charge in [0.05, 0.1) is 0 Å². The van der Waals surface area contributed by atoms with Gasteiger partial charge in [0.25, 0.3) is 0 Å². The molecule has 0 spiro atoms. The number of aryl methyl sites for hydroxylation is 1. The molecule has 1 amide bonds. The SMILES string of the molecule is O=C1CCc2cc(OCCN3CCCC3c3cccnc3)ccc2N1. The third kappa shape index (κ3) is 3.66. The van der Waals surface area contributed by atoms with Crippen LogP contribution in [0.5, 0.6) is 5.75 Å². The Kier molecular flexibility index (Phi) is 4.65. The molecule has 1 saturated heterocycles. The molecule has 1 N–H and O–H groups in total. The maximum atomic E-state index is 11.4. The molecule has 25 heavy (non-hydrogen) atoms. The summed E-state index contributed by atoms with van der Waals surface area (Å²) in [5.74, 6) is 0.976. The molecule has 5 heteroatoms. The van der Waals surface area contributed by atoms with Crippen molar-refractivity contribution in [3.63, 3.8) is 0 Å². The molecule has 2 aliphatic rings. The molecule has 1 aromatic carbocycles. The van der Waals surface area contributed by atoms with E-state index in [1.54, 1.807) is 0 Å². The molecule has 1 atom stereocenters. The highest BCUT2D eigenvalue weighted by atomic mass is 16.5. The van der Waals surface area contributed by atoms with Crippen LogP contribution in [-0.2, 0) is 11.2 Å². The van der Waals surface area contributed by atoms with Crippen LogP contribution in [0.3, 0.4) is 0 Å². The number of hydrogen-bond acceptors (Lipinski definition) is 4. The molecule has 2 aliphatic heterocycles. The van der Waals surface area contributed by atoms with Gasteiger partial charge in [-0.2, -0.15) is 0 Å². The summed E-state index contributed by atoms with van der Waals surface area (Å²) < 4.78 is 5.98. The highest BCUT2D eigenvalue weighted by molar-refractivity contribution is 5.93. The minimum atomic E-state index is 0.0941. The molecular formula is C20H23N3O2. The smallest absolute Gasteiger partial charge is 0.224 e. The zero-order valence-corrected chi connectivity index (χ0v) is 14.3. The first kappa shape index (κ1) is 16.1. The minimum Gasteiger partial charge on any atom is -0.492 e. The number of benzene rings is 1. The standard InChI is InChI=1S/C20H23N3O2/c24-20-8-5-15-13-17(6-7-18(15)22-20)25-12-11-23-10-2-4-19(23)16-3-1-9-21-14-16/h1,3,6-7,9,13-14,19H,2,4-5,8,10-12H2,(H,22,24). The fourth-order valence-corrected chi connectivity index (χ4v) is 3.77. The average molecular weight is 337 g/mol. The number of amides is 1. The van der Waals surface area contributed by atoms with E-state index in [9.17, 15) is 4.79 Å². The van der Waals surface area contributed by atoms with E-state index in [1.807, 2.05) is 30.6 Å². The molecule has 0 radical (unpaired) electrons. The van der Waals surface area contributed by atoms with E-state index in [0.29, 0.717) is 19.1 Å². The molecule has 3 heterocycles. The number of fused-ring (bicyclic) bond motifs is 1. The van der Waals surface area contributed by atoms with Gasteiger partial charge in [-0.1, -0.05) is 6.07 Å². The normalized spacial score (nSPS) is 20.2. The second-order valence-corrected chi connectivity index (χ2v) is 6.70. The van der Waals surface area contributed by atoms with Gasteiger partial charge in [0.2, 0.25) is 5.91 Å². The Bertz CT molecular complexity index is 748. The number of nitrogens with zero attached hydrogens (tertiary/aromatic N) is 2. The second kappa shape index (κ2) is 7.23. The number of nitrogens with one attached hydrogen (secondary N) is 1. The van der Waals surface area contributed by atoms with Gasteiger partial charge in [-0.15, -0.1) is 0 Å². The number of carbonyl (C=O) groups excluding carboxylic acids is 1. The number of hydrogen-bond donors (Lipinski definition) is 1. The van der Waals surface area contributed by atoms with Gasteiger partial charge in [0.15, 0.2) is 0 Å². The summed E-state index contributed by atoms with van der Waals surface area (Å²) in [5, 5.41) is 2.90. The molecule has 130 valence electrons. The zero-order valence-electron chi connectivity index (χ0n) is 14.3. The lowest BCUT2D eigenvalue weighted by atomic mass is 10.0. The first-order valence-electron chi connectivity index (χ1n) is 8.99. The highest BCUT2D eigenvalue weighted by Crippen LogP contribution is 2.31. The van der Waals surface area contributed by atoms with Crippen LogP contribution < -0.4 is 10.1 Å². The number of carbonyl (C=O) groups is 1. The first-order chi connectivity index (χ1) is 12.3. The Balaban J connectivity index is 1.34. The topological polar surface area (TPSA) is 54.5 Å². The third-order valence-electron chi connectivity index (χ3n) is 5.05. The molecule has 4 rings (SSSR count). The Labute approximate surface area is 148 Å². The van der Waals surface area contributed by atoms with Gasteiger partial charge in [0.1, 0.15) is 12.4 Å². The Morgan fingerprint density at radius 2 is 2.24 bits per heavy atom. The number of anilines is 1. The van der Waals surface area contributed by atoms with E-state index < -0.39 is 0 Å². The van der Waals surface area contributed by atoms with Crippen LogP contribution in [0.15, 0.2) is 42.7 Å². The van der Waals surface area contributed by atoms with Crippen molar-refractivity contribution in [1.29, 1.82) is 0 Å². The van der Waals surface area contributed by atoms with E-state index in [-0.39, 0.29) is 5.91 Å². The van der Waals surface area contributed by atoms with E-state index in [1.165, 1.54) is 18.4 Å². The van der Waals surface area contributed by atoms with Gasteiger partial charge in [0, 0.05) is 37.1 Å². The van der Waals surface area contributed by atoms with E-state index >= 15 is 0 Å². The molecule has 0 saturated carbocycles. The summed E-state index contributed by atoms with van der Waals surface area (Å²) in [7, 11) is 0. The summed E-state index contributed by atoms with van der Waals surface area (Å²) in [4.78, 5) is 18.2. The van der Waals surface area contributed by atoms with Gasteiger partial charge >= 0.3 is 0 Å². The lowest BCUT2D eigenvalue weighted by Gasteiger charge is -2.24. The number of pyridine rings is 1. The van der Waals surface area contributed by atoms with Crippen LogP contribution in [0.4, 0.5) is 5.69 Å². The molecule has 0 aliphatic carbocycles. The largest absolute Gasteiger partial charge is 0.492 e. The summed E-state index contributed by atoms with van der Waals surface area (Å²) in [6, 6.07) is 10.6. The van der Waals surface area contributed by atoms with Crippen LogP contribution in [0.1, 0.15) is 36.4 Å². The minimum absolute atomic E-state index is 0.0941. The lowest BCUT2D eigenvalue weighted by molar-refractivity contribution is -0.116. The van der Waals surface area contributed by atoms with Crippen LogP contribution in [0.25, 0.3) is 0 Å². The second-order valence-electron chi connectivity index (χ2n) is 6.70. The Morgan fingerprint density at radius 3 is 3.12 bits per heavy atom. The highest BCUT2D eigenvalue weighted by Gasteiger charge is 2.25. The van der Waals surface area contributed by atoms with Crippen LogP contribution >= 0.6 is 0 Å². The van der Waals surface area contributed by atoms with Gasteiger partial charge in [-0.05, 0) is 61.2 Å². The fourth-order valence-electron chi connectivity index (χ4n) is 3.77. The fraction of sp³-hybridized carbons (Fsp3) is 0.400. The van der Waals surface area contributed by atoms with Gasteiger partial charge in [-0.25, -0.2) is 0 Å². The lowest BCUT2D eigenvalue weighted by Crippen LogP contribution is -2.28. The van der Waals surface area contributed by atoms with Crippen molar-refractivity contribution < 1.29 is 9.53 Å². The van der Waals surface area contributed by atoms with Crippen molar-refractivity contribution in [2.75, 3.05) is 25.0 Å². The van der Waals surface area contributed by atoms with Crippen LogP contribution in [0.2, 0.25) is 0 Å². The van der Waals surface area contributed by atoms with E-state index in [2.05, 4.69) is 27.3 Å². The first-order valence-corrected chi connectivity index (χ1v) is 8.99. The predicted molar refractivity (Wildman–Crippen MR) is 96.7 cm³/mol. The van der Waals surface area contributed by atoms with Gasteiger partial charge < -0.3 is 10.1 Å². The van der Waals surface area contributed by atoms with Crippen molar-refractivity contribution >= 4 is 11.6 Å².